The minimum atomic E-state index is -4.58. The first-order valence-electron chi connectivity index (χ1n) is 10.9. The number of ether oxygens (including phenoxy) is 4. The van der Waals surface area contributed by atoms with Gasteiger partial charge in [-0.15, -0.1) is 0 Å². The van der Waals surface area contributed by atoms with Gasteiger partial charge in [0, 0.05) is 17.3 Å². The van der Waals surface area contributed by atoms with E-state index in [0.717, 1.165) is 18.2 Å². The normalized spacial score (nSPS) is 12.1. The molecule has 7 nitrogen and oxygen atoms in total. The van der Waals surface area contributed by atoms with Crippen molar-refractivity contribution < 1.29 is 41.7 Å². The fourth-order valence-electron chi connectivity index (χ4n) is 3.40. The zero-order valence-electron chi connectivity index (χ0n) is 20.2. The molecule has 3 aromatic rings. The molecule has 1 atom stereocenters. The van der Waals surface area contributed by atoms with Crippen LogP contribution in [0.25, 0.3) is 6.08 Å². The van der Waals surface area contributed by atoms with E-state index in [1.54, 1.807) is 42.5 Å². The molecular weight excluding hydrogens is 491 g/mol. The van der Waals surface area contributed by atoms with Crippen LogP contribution in [0.3, 0.4) is 0 Å². The van der Waals surface area contributed by atoms with Crippen LogP contribution in [0.5, 0.6) is 17.2 Å². The number of rotatable bonds is 9. The number of hydrogen-bond acceptors (Lipinski definition) is 6. The molecule has 0 unspecified atom stereocenters. The highest BCUT2D eigenvalue weighted by atomic mass is 19.4. The van der Waals surface area contributed by atoms with E-state index in [2.05, 4.69) is 5.32 Å². The lowest BCUT2D eigenvalue weighted by Gasteiger charge is -2.18. The van der Waals surface area contributed by atoms with Crippen LogP contribution in [0.4, 0.5) is 18.9 Å². The first-order valence-corrected chi connectivity index (χ1v) is 10.9. The molecule has 1 N–H and O–H groups in total. The summed E-state index contributed by atoms with van der Waals surface area (Å²) < 4.78 is 60.4. The predicted octanol–water partition coefficient (Wildman–Crippen LogP) is 5.67. The number of benzene rings is 3. The fraction of sp³-hybridized carbons (Fsp3) is 0.185. The smallest absolute Gasteiger partial charge is 0.416 e. The van der Waals surface area contributed by atoms with Crippen LogP contribution in [0, 0.1) is 0 Å². The maximum atomic E-state index is 13.1. The van der Waals surface area contributed by atoms with E-state index in [4.69, 9.17) is 18.9 Å². The molecule has 0 radical (unpaired) electrons. The van der Waals surface area contributed by atoms with Gasteiger partial charge in [-0.2, -0.15) is 13.2 Å². The summed E-state index contributed by atoms with van der Waals surface area (Å²) in [7, 11) is 4.36. The number of esters is 1. The number of alkyl halides is 3. The molecule has 1 amide bonds. The second-order valence-electron chi connectivity index (χ2n) is 7.59. The van der Waals surface area contributed by atoms with Crippen molar-refractivity contribution in [2.45, 2.75) is 12.3 Å². The number of nitrogens with one attached hydrogen (secondary N) is 1. The molecule has 0 heterocycles. The molecule has 0 bridgehead atoms. The molecule has 0 saturated heterocycles. The molecule has 37 heavy (non-hydrogen) atoms. The Labute approximate surface area is 211 Å². The first-order chi connectivity index (χ1) is 17.7. The zero-order chi connectivity index (χ0) is 27.0. The summed E-state index contributed by atoms with van der Waals surface area (Å²) in [4.78, 5) is 25.6. The van der Waals surface area contributed by atoms with Crippen molar-refractivity contribution in [1.29, 1.82) is 0 Å². The third-order valence-electron chi connectivity index (χ3n) is 5.13. The minimum Gasteiger partial charge on any atom is -0.493 e. The quantitative estimate of drug-likeness (QED) is 0.292. The van der Waals surface area contributed by atoms with Crippen molar-refractivity contribution >= 4 is 23.6 Å². The van der Waals surface area contributed by atoms with Crippen molar-refractivity contribution in [3.8, 4) is 17.2 Å². The van der Waals surface area contributed by atoms with Crippen molar-refractivity contribution in [3.63, 3.8) is 0 Å². The average Bonchev–Trinajstić information content (AvgIpc) is 2.89. The Morgan fingerprint density at radius 2 is 1.51 bits per heavy atom. The van der Waals surface area contributed by atoms with E-state index in [-0.39, 0.29) is 5.69 Å². The number of amides is 1. The van der Waals surface area contributed by atoms with E-state index in [1.807, 2.05) is 0 Å². The van der Waals surface area contributed by atoms with Crippen LogP contribution >= 0.6 is 0 Å². The van der Waals surface area contributed by atoms with E-state index < -0.39 is 29.7 Å². The van der Waals surface area contributed by atoms with Gasteiger partial charge in [0.05, 0.1) is 26.9 Å². The summed E-state index contributed by atoms with van der Waals surface area (Å²) in [6.07, 6.45) is -3.47. The highest BCUT2D eigenvalue weighted by Crippen LogP contribution is 2.38. The molecule has 0 saturated carbocycles. The molecule has 0 spiro atoms. The van der Waals surface area contributed by atoms with Crippen molar-refractivity contribution in [1.82, 2.24) is 0 Å². The molecule has 0 fully saturated rings. The largest absolute Gasteiger partial charge is 0.493 e. The van der Waals surface area contributed by atoms with Crippen molar-refractivity contribution in [3.05, 3.63) is 89.5 Å². The lowest BCUT2D eigenvalue weighted by atomic mass is 10.1. The average molecular weight is 515 g/mol. The van der Waals surface area contributed by atoms with E-state index in [9.17, 15) is 22.8 Å². The molecule has 3 rings (SSSR count). The molecule has 0 aliphatic heterocycles. The monoisotopic (exact) mass is 515 g/mol. The van der Waals surface area contributed by atoms with Crippen LogP contribution < -0.4 is 19.5 Å². The zero-order valence-corrected chi connectivity index (χ0v) is 20.2. The number of anilines is 1. The number of hydrogen-bond donors (Lipinski definition) is 1. The topological polar surface area (TPSA) is 83.1 Å². The maximum Gasteiger partial charge on any atom is 0.416 e. The summed E-state index contributed by atoms with van der Waals surface area (Å²) in [5.74, 6) is -0.558. The lowest BCUT2D eigenvalue weighted by molar-refractivity contribution is -0.149. The summed E-state index contributed by atoms with van der Waals surface area (Å²) in [5, 5.41) is 2.39. The molecular formula is C27H24F3NO6. The third-order valence-corrected chi connectivity index (χ3v) is 5.13. The van der Waals surface area contributed by atoms with Crippen LogP contribution in [0.15, 0.2) is 72.8 Å². The van der Waals surface area contributed by atoms with Crippen LogP contribution in [0.2, 0.25) is 0 Å². The fourth-order valence-corrected chi connectivity index (χ4v) is 3.40. The van der Waals surface area contributed by atoms with Gasteiger partial charge in [-0.25, -0.2) is 4.79 Å². The highest BCUT2D eigenvalue weighted by molar-refractivity contribution is 5.97. The van der Waals surface area contributed by atoms with Gasteiger partial charge in [0.1, 0.15) is 0 Å². The Morgan fingerprint density at radius 3 is 2.08 bits per heavy atom. The lowest BCUT2D eigenvalue weighted by Crippen LogP contribution is -2.25. The van der Waals surface area contributed by atoms with Crippen LogP contribution in [0.1, 0.15) is 22.8 Å². The number of carbonyl (C=O) groups is 2. The Kier molecular flexibility index (Phi) is 8.78. The number of carbonyl (C=O) groups excluding carboxylic acids is 2. The predicted molar refractivity (Wildman–Crippen MR) is 130 cm³/mol. The number of halogens is 3. The second kappa shape index (κ2) is 12.0. The van der Waals surface area contributed by atoms with Gasteiger partial charge < -0.3 is 24.3 Å². The second-order valence-corrected chi connectivity index (χ2v) is 7.59. The minimum absolute atomic E-state index is 0.0928. The Balaban J connectivity index is 1.82. The van der Waals surface area contributed by atoms with Gasteiger partial charge in [-0.05, 0) is 42.0 Å². The van der Waals surface area contributed by atoms with Crippen molar-refractivity contribution in [2.24, 2.45) is 0 Å². The van der Waals surface area contributed by atoms with E-state index in [0.29, 0.717) is 28.4 Å². The van der Waals surface area contributed by atoms with Crippen molar-refractivity contribution in [2.75, 3.05) is 26.6 Å². The van der Waals surface area contributed by atoms with E-state index in [1.165, 1.54) is 39.5 Å². The van der Waals surface area contributed by atoms with Gasteiger partial charge in [0.2, 0.25) is 11.9 Å². The molecule has 0 aromatic heterocycles. The maximum absolute atomic E-state index is 13.1. The molecule has 194 valence electrons. The van der Waals surface area contributed by atoms with Gasteiger partial charge >= 0.3 is 12.1 Å². The summed E-state index contributed by atoms with van der Waals surface area (Å²) in [6.45, 7) is 0. The van der Waals surface area contributed by atoms with Gasteiger partial charge in [-0.1, -0.05) is 36.4 Å². The standard InChI is InChI=1S/C27H24F3NO6/c1-34-21-14-17(15-22(35-2)25(21)36-3)12-13-23(32)37-24(18-8-5-4-6-9-18)26(33)31-20-11-7-10-19(16-20)27(28,29)30/h4-16,24H,1-3H3,(H,31,33)/b13-12+/t24-/m1/s1. The van der Waals surface area contributed by atoms with Gasteiger partial charge in [-0.3, -0.25) is 4.79 Å². The molecule has 10 heteroatoms. The Morgan fingerprint density at radius 1 is 0.865 bits per heavy atom. The Hall–Kier alpha value is -4.47. The molecule has 0 aliphatic rings. The van der Waals surface area contributed by atoms with Crippen LogP contribution in [-0.4, -0.2) is 33.2 Å². The first kappa shape index (κ1) is 27.1. The summed E-state index contributed by atoms with van der Waals surface area (Å²) >= 11 is 0. The molecule has 3 aromatic carbocycles. The summed E-state index contributed by atoms with van der Waals surface area (Å²) in [6, 6.07) is 15.5. The SMILES string of the molecule is COc1cc(/C=C/C(=O)O[C@@H](C(=O)Nc2cccc(C(F)(F)F)c2)c2ccccc2)cc(OC)c1OC. The number of methoxy groups -OCH3 is 3. The van der Waals surface area contributed by atoms with Gasteiger partial charge in [0.15, 0.2) is 11.5 Å². The van der Waals surface area contributed by atoms with Gasteiger partial charge in [0.25, 0.3) is 5.91 Å². The third kappa shape index (κ3) is 7.03. The molecule has 0 aliphatic carbocycles. The summed E-state index contributed by atoms with van der Waals surface area (Å²) in [5.41, 5.74) is -0.158. The Bertz CT molecular complexity index is 1250. The van der Waals surface area contributed by atoms with Crippen LogP contribution in [-0.2, 0) is 20.5 Å². The van der Waals surface area contributed by atoms with E-state index >= 15 is 0 Å². The highest BCUT2D eigenvalue weighted by Gasteiger charge is 2.31.